The molecule has 15 heavy (non-hydrogen) atoms. The normalized spacial score (nSPS) is 16.1. The SMILES string of the molecule is COc1ccc(CNC2CCC2)c(N)c1. The van der Waals surface area contributed by atoms with E-state index in [1.54, 1.807) is 7.11 Å². The molecule has 0 radical (unpaired) electrons. The van der Waals surface area contributed by atoms with E-state index in [2.05, 4.69) is 5.32 Å². The van der Waals surface area contributed by atoms with Gasteiger partial charge >= 0.3 is 0 Å². The lowest BCUT2D eigenvalue weighted by Gasteiger charge is -2.26. The van der Waals surface area contributed by atoms with Crippen molar-refractivity contribution in [2.45, 2.75) is 31.8 Å². The van der Waals surface area contributed by atoms with Crippen molar-refractivity contribution in [1.82, 2.24) is 5.32 Å². The lowest BCUT2D eigenvalue weighted by atomic mass is 9.93. The van der Waals surface area contributed by atoms with Gasteiger partial charge in [-0.2, -0.15) is 0 Å². The minimum Gasteiger partial charge on any atom is -0.497 e. The smallest absolute Gasteiger partial charge is 0.120 e. The van der Waals surface area contributed by atoms with Crippen LogP contribution >= 0.6 is 0 Å². The second-order valence-electron chi connectivity index (χ2n) is 4.07. The summed E-state index contributed by atoms with van der Waals surface area (Å²) in [5.41, 5.74) is 7.88. The maximum absolute atomic E-state index is 5.92. The Morgan fingerprint density at radius 1 is 1.47 bits per heavy atom. The zero-order valence-electron chi connectivity index (χ0n) is 9.12. The minimum atomic E-state index is 0.700. The summed E-state index contributed by atoms with van der Waals surface area (Å²) >= 11 is 0. The molecule has 1 aliphatic carbocycles. The first-order chi connectivity index (χ1) is 7.29. The Bertz CT molecular complexity index is 334. The van der Waals surface area contributed by atoms with Crippen LogP contribution in [0.3, 0.4) is 0 Å². The van der Waals surface area contributed by atoms with Gasteiger partial charge in [0.1, 0.15) is 5.75 Å². The van der Waals surface area contributed by atoms with Gasteiger partial charge in [-0.15, -0.1) is 0 Å². The van der Waals surface area contributed by atoms with Gasteiger partial charge in [0.25, 0.3) is 0 Å². The summed E-state index contributed by atoms with van der Waals surface area (Å²) in [5, 5.41) is 3.49. The predicted octanol–water partition coefficient (Wildman–Crippen LogP) is 1.92. The summed E-state index contributed by atoms with van der Waals surface area (Å²) in [6.07, 6.45) is 3.96. The molecule has 0 atom stereocenters. The van der Waals surface area contributed by atoms with E-state index in [1.807, 2.05) is 18.2 Å². The molecular formula is C12H18N2O. The van der Waals surface area contributed by atoms with Gasteiger partial charge in [0.05, 0.1) is 7.11 Å². The zero-order chi connectivity index (χ0) is 10.7. The summed E-state index contributed by atoms with van der Waals surface area (Å²) in [6, 6.07) is 6.55. The minimum absolute atomic E-state index is 0.700. The first kappa shape index (κ1) is 10.3. The van der Waals surface area contributed by atoms with Crippen LogP contribution in [0.15, 0.2) is 18.2 Å². The van der Waals surface area contributed by atoms with Crippen molar-refractivity contribution in [3.05, 3.63) is 23.8 Å². The Balaban J connectivity index is 1.95. The summed E-state index contributed by atoms with van der Waals surface area (Å²) < 4.78 is 5.11. The van der Waals surface area contributed by atoms with Crippen molar-refractivity contribution in [1.29, 1.82) is 0 Å². The third-order valence-electron chi connectivity index (χ3n) is 3.04. The van der Waals surface area contributed by atoms with Crippen LogP contribution in [0.5, 0.6) is 5.75 Å². The standard InChI is InChI=1S/C12H18N2O/c1-15-11-6-5-9(12(13)7-11)8-14-10-3-2-4-10/h5-7,10,14H,2-4,8,13H2,1H3. The van der Waals surface area contributed by atoms with E-state index in [1.165, 1.54) is 19.3 Å². The average Bonchev–Trinajstić information content (AvgIpc) is 2.18. The largest absolute Gasteiger partial charge is 0.497 e. The maximum Gasteiger partial charge on any atom is 0.120 e. The number of ether oxygens (including phenoxy) is 1. The number of anilines is 1. The van der Waals surface area contributed by atoms with E-state index in [0.717, 1.165) is 23.5 Å². The molecule has 3 nitrogen and oxygen atoms in total. The molecule has 0 aliphatic heterocycles. The van der Waals surface area contributed by atoms with Crippen molar-refractivity contribution >= 4 is 5.69 Å². The van der Waals surface area contributed by atoms with Crippen LogP contribution in [0.25, 0.3) is 0 Å². The van der Waals surface area contributed by atoms with Crippen molar-refractivity contribution in [3.8, 4) is 5.75 Å². The molecule has 1 fully saturated rings. The van der Waals surface area contributed by atoms with Gasteiger partial charge in [0, 0.05) is 24.3 Å². The number of benzene rings is 1. The Hall–Kier alpha value is -1.22. The van der Waals surface area contributed by atoms with Crippen LogP contribution in [0.1, 0.15) is 24.8 Å². The molecule has 3 N–H and O–H groups in total. The number of methoxy groups -OCH3 is 1. The fourth-order valence-corrected chi connectivity index (χ4v) is 1.73. The van der Waals surface area contributed by atoms with Gasteiger partial charge in [-0.3, -0.25) is 0 Å². The molecule has 1 saturated carbocycles. The van der Waals surface area contributed by atoms with Gasteiger partial charge in [-0.05, 0) is 24.5 Å². The third kappa shape index (κ3) is 2.42. The molecule has 0 bridgehead atoms. The number of nitrogen functional groups attached to an aromatic ring is 1. The average molecular weight is 206 g/mol. The van der Waals surface area contributed by atoms with Crippen LogP contribution in [-0.4, -0.2) is 13.2 Å². The zero-order valence-corrected chi connectivity index (χ0v) is 9.12. The highest BCUT2D eigenvalue weighted by atomic mass is 16.5. The number of rotatable bonds is 4. The summed E-state index contributed by atoms with van der Waals surface area (Å²) in [7, 11) is 1.65. The second kappa shape index (κ2) is 4.53. The fourth-order valence-electron chi connectivity index (χ4n) is 1.73. The number of hydrogen-bond acceptors (Lipinski definition) is 3. The van der Waals surface area contributed by atoms with E-state index in [9.17, 15) is 0 Å². The number of hydrogen-bond donors (Lipinski definition) is 2. The number of nitrogens with two attached hydrogens (primary N) is 1. The van der Waals surface area contributed by atoms with Crippen molar-refractivity contribution in [3.63, 3.8) is 0 Å². The molecule has 1 aromatic carbocycles. The Morgan fingerprint density at radius 3 is 2.80 bits per heavy atom. The van der Waals surface area contributed by atoms with E-state index in [0.29, 0.717) is 6.04 Å². The highest BCUT2D eigenvalue weighted by Gasteiger charge is 2.16. The molecule has 0 unspecified atom stereocenters. The third-order valence-corrected chi connectivity index (χ3v) is 3.04. The van der Waals surface area contributed by atoms with Crippen LogP contribution in [0.4, 0.5) is 5.69 Å². The number of nitrogens with one attached hydrogen (secondary N) is 1. The van der Waals surface area contributed by atoms with Gasteiger partial charge in [0.15, 0.2) is 0 Å². The molecule has 0 saturated heterocycles. The van der Waals surface area contributed by atoms with Crippen LogP contribution in [-0.2, 0) is 6.54 Å². The van der Waals surface area contributed by atoms with Crippen LogP contribution in [0.2, 0.25) is 0 Å². The van der Waals surface area contributed by atoms with E-state index in [4.69, 9.17) is 10.5 Å². The molecule has 82 valence electrons. The fraction of sp³-hybridized carbons (Fsp3) is 0.500. The Kier molecular flexibility index (Phi) is 3.11. The quantitative estimate of drug-likeness (QED) is 0.740. The van der Waals surface area contributed by atoms with Crippen LogP contribution < -0.4 is 15.8 Å². The summed E-state index contributed by atoms with van der Waals surface area (Å²) in [6.45, 7) is 0.862. The summed E-state index contributed by atoms with van der Waals surface area (Å²) in [5.74, 6) is 0.819. The molecule has 0 amide bonds. The van der Waals surface area contributed by atoms with Gasteiger partial charge in [0.2, 0.25) is 0 Å². The van der Waals surface area contributed by atoms with Crippen molar-refractivity contribution < 1.29 is 4.74 Å². The highest BCUT2D eigenvalue weighted by molar-refractivity contribution is 5.51. The molecule has 0 spiro atoms. The molecule has 3 heteroatoms. The summed E-state index contributed by atoms with van der Waals surface area (Å²) in [4.78, 5) is 0. The lowest BCUT2D eigenvalue weighted by Crippen LogP contribution is -2.34. The monoisotopic (exact) mass is 206 g/mol. The lowest BCUT2D eigenvalue weighted by molar-refractivity contribution is 0.338. The Labute approximate surface area is 90.6 Å². The van der Waals surface area contributed by atoms with Gasteiger partial charge in [-0.25, -0.2) is 0 Å². The molecular weight excluding hydrogens is 188 g/mol. The molecule has 2 rings (SSSR count). The van der Waals surface area contributed by atoms with Crippen LogP contribution in [0, 0.1) is 0 Å². The molecule has 0 heterocycles. The first-order valence-corrected chi connectivity index (χ1v) is 5.45. The van der Waals surface area contributed by atoms with E-state index >= 15 is 0 Å². The highest BCUT2D eigenvalue weighted by Crippen LogP contribution is 2.22. The molecule has 0 aromatic heterocycles. The second-order valence-corrected chi connectivity index (χ2v) is 4.07. The maximum atomic E-state index is 5.92. The topological polar surface area (TPSA) is 47.3 Å². The van der Waals surface area contributed by atoms with Gasteiger partial charge < -0.3 is 15.8 Å². The van der Waals surface area contributed by atoms with E-state index < -0.39 is 0 Å². The van der Waals surface area contributed by atoms with Crippen molar-refractivity contribution in [2.75, 3.05) is 12.8 Å². The predicted molar refractivity (Wildman–Crippen MR) is 61.9 cm³/mol. The van der Waals surface area contributed by atoms with Crippen molar-refractivity contribution in [2.24, 2.45) is 0 Å². The Morgan fingerprint density at radius 2 is 2.27 bits per heavy atom. The van der Waals surface area contributed by atoms with Gasteiger partial charge in [-0.1, -0.05) is 12.5 Å². The first-order valence-electron chi connectivity index (χ1n) is 5.45. The molecule has 1 aromatic rings. The molecule has 1 aliphatic rings. The van der Waals surface area contributed by atoms with E-state index in [-0.39, 0.29) is 0 Å².